The van der Waals surface area contributed by atoms with Gasteiger partial charge in [0.25, 0.3) is 0 Å². The summed E-state index contributed by atoms with van der Waals surface area (Å²) in [4.78, 5) is 9.79. The summed E-state index contributed by atoms with van der Waals surface area (Å²) in [5.74, 6) is 1.13. The summed E-state index contributed by atoms with van der Waals surface area (Å²) in [6.45, 7) is 2.98. The number of hydrogen-bond donors (Lipinski definition) is 2. The van der Waals surface area contributed by atoms with Crippen molar-refractivity contribution in [3.8, 4) is 5.88 Å². The molecule has 2 rings (SSSR count). The van der Waals surface area contributed by atoms with Crippen molar-refractivity contribution in [1.29, 1.82) is 0 Å². The molecule has 1 fully saturated rings. The van der Waals surface area contributed by atoms with Gasteiger partial charge in [-0.1, -0.05) is 13.0 Å². The van der Waals surface area contributed by atoms with E-state index in [2.05, 4.69) is 20.6 Å². The number of nitrogens with zero attached hydrogens (tertiary/aromatic N) is 3. The van der Waals surface area contributed by atoms with Crippen molar-refractivity contribution < 1.29 is 17.9 Å². The van der Waals surface area contributed by atoms with E-state index in [1.165, 1.54) is 4.90 Å². The second kappa shape index (κ2) is 9.61. The smallest absolute Gasteiger partial charge is 0.401 e. The van der Waals surface area contributed by atoms with Gasteiger partial charge < -0.3 is 15.4 Å². The van der Waals surface area contributed by atoms with Gasteiger partial charge in [0.2, 0.25) is 5.88 Å². The molecular formula is C17H26F3N5O. The summed E-state index contributed by atoms with van der Waals surface area (Å²) in [5.41, 5.74) is 0.897. The van der Waals surface area contributed by atoms with E-state index in [0.717, 1.165) is 12.0 Å². The molecule has 26 heavy (non-hydrogen) atoms. The van der Waals surface area contributed by atoms with E-state index < -0.39 is 12.7 Å². The van der Waals surface area contributed by atoms with Crippen LogP contribution >= 0.6 is 0 Å². The molecule has 0 amide bonds. The average Bonchev–Trinajstić information content (AvgIpc) is 3.02. The van der Waals surface area contributed by atoms with Gasteiger partial charge in [-0.2, -0.15) is 13.2 Å². The van der Waals surface area contributed by atoms with Crippen molar-refractivity contribution in [2.45, 2.75) is 38.5 Å². The fourth-order valence-corrected chi connectivity index (χ4v) is 2.80. The fraction of sp³-hybridized carbons (Fsp3) is 0.647. The molecule has 0 bridgehead atoms. The van der Waals surface area contributed by atoms with Gasteiger partial charge >= 0.3 is 6.18 Å². The van der Waals surface area contributed by atoms with Crippen LogP contribution in [-0.2, 0) is 6.54 Å². The highest BCUT2D eigenvalue weighted by Gasteiger charge is 2.34. The van der Waals surface area contributed by atoms with Crippen molar-refractivity contribution in [2.75, 3.05) is 33.3 Å². The van der Waals surface area contributed by atoms with Crippen molar-refractivity contribution in [1.82, 2.24) is 20.5 Å². The molecule has 1 saturated heterocycles. The Bertz CT molecular complexity index is 594. The van der Waals surface area contributed by atoms with Crippen LogP contribution in [0.3, 0.4) is 0 Å². The standard InChI is InChI=1S/C17H26F3N5O/c1-3-9-26-15-13(5-4-7-22-15)10-23-16(21-2)24-14-6-8-25(11-14)12-17(18,19)20/h4-5,7,14H,3,6,8-12H2,1-2H3,(H2,21,23,24). The number of alkyl halides is 3. The van der Waals surface area contributed by atoms with Crippen molar-refractivity contribution in [3.05, 3.63) is 23.9 Å². The van der Waals surface area contributed by atoms with E-state index >= 15 is 0 Å². The van der Waals surface area contributed by atoms with Crippen LogP contribution in [-0.4, -0.2) is 61.4 Å². The minimum Gasteiger partial charge on any atom is -0.477 e. The summed E-state index contributed by atoms with van der Waals surface area (Å²) in [6.07, 6.45) is -0.948. The van der Waals surface area contributed by atoms with Gasteiger partial charge in [-0.3, -0.25) is 9.89 Å². The van der Waals surface area contributed by atoms with Crippen LogP contribution in [0, 0.1) is 0 Å². The molecule has 9 heteroatoms. The van der Waals surface area contributed by atoms with E-state index in [1.807, 2.05) is 19.1 Å². The zero-order valence-electron chi connectivity index (χ0n) is 15.1. The van der Waals surface area contributed by atoms with E-state index in [4.69, 9.17) is 4.74 Å². The van der Waals surface area contributed by atoms with E-state index in [1.54, 1.807) is 13.2 Å². The minimum absolute atomic E-state index is 0.0618. The lowest BCUT2D eigenvalue weighted by molar-refractivity contribution is -0.143. The van der Waals surface area contributed by atoms with Crippen LogP contribution in [0.2, 0.25) is 0 Å². The van der Waals surface area contributed by atoms with Gasteiger partial charge in [-0.25, -0.2) is 4.98 Å². The topological polar surface area (TPSA) is 61.8 Å². The Labute approximate surface area is 151 Å². The molecule has 146 valence electrons. The molecular weight excluding hydrogens is 347 g/mol. The maximum Gasteiger partial charge on any atom is 0.401 e. The molecule has 1 aromatic rings. The number of hydrogen-bond acceptors (Lipinski definition) is 4. The Morgan fingerprint density at radius 3 is 2.96 bits per heavy atom. The highest BCUT2D eigenvalue weighted by Crippen LogP contribution is 2.20. The van der Waals surface area contributed by atoms with E-state index in [0.29, 0.717) is 44.5 Å². The molecule has 0 aromatic carbocycles. The number of halogens is 3. The van der Waals surface area contributed by atoms with Crippen molar-refractivity contribution in [3.63, 3.8) is 0 Å². The Hall–Kier alpha value is -2.03. The maximum atomic E-state index is 12.5. The molecule has 0 aliphatic carbocycles. The second-order valence-corrected chi connectivity index (χ2v) is 6.22. The van der Waals surface area contributed by atoms with Crippen LogP contribution in [0.15, 0.2) is 23.3 Å². The molecule has 6 nitrogen and oxygen atoms in total. The Balaban J connectivity index is 1.84. The summed E-state index contributed by atoms with van der Waals surface area (Å²) in [6, 6.07) is 3.69. The Morgan fingerprint density at radius 1 is 1.46 bits per heavy atom. The van der Waals surface area contributed by atoms with Crippen LogP contribution in [0.4, 0.5) is 13.2 Å². The zero-order chi connectivity index (χ0) is 19.0. The summed E-state index contributed by atoms with van der Waals surface area (Å²) in [7, 11) is 1.63. The molecule has 1 aliphatic rings. The predicted molar refractivity (Wildman–Crippen MR) is 94.3 cm³/mol. The number of guanidine groups is 1. The van der Waals surface area contributed by atoms with Crippen LogP contribution in [0.5, 0.6) is 5.88 Å². The minimum atomic E-state index is -4.16. The molecule has 1 atom stereocenters. The van der Waals surface area contributed by atoms with Gasteiger partial charge in [-0.05, 0) is 18.9 Å². The fourth-order valence-electron chi connectivity index (χ4n) is 2.80. The third kappa shape index (κ3) is 6.70. The molecule has 0 spiro atoms. The summed E-state index contributed by atoms with van der Waals surface area (Å²) >= 11 is 0. The average molecular weight is 373 g/mol. The highest BCUT2D eigenvalue weighted by molar-refractivity contribution is 5.80. The SMILES string of the molecule is CCCOc1ncccc1CNC(=NC)NC1CCN(CC(F)(F)F)C1. The first-order valence-electron chi connectivity index (χ1n) is 8.74. The van der Waals surface area contributed by atoms with E-state index in [-0.39, 0.29) is 6.04 Å². The number of rotatable bonds is 7. The Morgan fingerprint density at radius 2 is 2.27 bits per heavy atom. The van der Waals surface area contributed by atoms with Gasteiger partial charge in [0.15, 0.2) is 5.96 Å². The van der Waals surface area contributed by atoms with Gasteiger partial charge in [-0.15, -0.1) is 0 Å². The third-order valence-corrected chi connectivity index (χ3v) is 3.98. The van der Waals surface area contributed by atoms with E-state index in [9.17, 15) is 13.2 Å². The molecule has 2 heterocycles. The quantitative estimate of drug-likeness (QED) is 0.567. The molecule has 1 unspecified atom stereocenters. The summed E-state index contributed by atoms with van der Waals surface area (Å²) < 4.78 is 43.1. The zero-order valence-corrected chi connectivity index (χ0v) is 15.1. The first-order chi connectivity index (χ1) is 12.4. The predicted octanol–water partition coefficient (Wildman–Crippen LogP) is 2.17. The highest BCUT2D eigenvalue weighted by atomic mass is 19.4. The molecule has 1 aromatic heterocycles. The maximum absolute atomic E-state index is 12.5. The summed E-state index contributed by atoms with van der Waals surface area (Å²) in [5, 5.41) is 6.35. The molecule has 0 radical (unpaired) electrons. The molecule has 1 aliphatic heterocycles. The lowest BCUT2D eigenvalue weighted by Gasteiger charge is -2.20. The van der Waals surface area contributed by atoms with Gasteiger partial charge in [0.1, 0.15) is 0 Å². The van der Waals surface area contributed by atoms with Crippen molar-refractivity contribution >= 4 is 5.96 Å². The van der Waals surface area contributed by atoms with Crippen LogP contribution in [0.1, 0.15) is 25.3 Å². The van der Waals surface area contributed by atoms with Gasteiger partial charge in [0, 0.05) is 44.5 Å². The Kier molecular flexibility index (Phi) is 7.50. The molecule has 2 N–H and O–H groups in total. The van der Waals surface area contributed by atoms with Gasteiger partial charge in [0.05, 0.1) is 13.2 Å². The number of pyridine rings is 1. The lowest BCUT2D eigenvalue weighted by atomic mass is 10.2. The number of nitrogens with one attached hydrogen (secondary N) is 2. The largest absolute Gasteiger partial charge is 0.477 e. The third-order valence-electron chi connectivity index (χ3n) is 3.98. The van der Waals surface area contributed by atoms with Crippen LogP contribution in [0.25, 0.3) is 0 Å². The lowest BCUT2D eigenvalue weighted by Crippen LogP contribution is -2.45. The first-order valence-corrected chi connectivity index (χ1v) is 8.74. The second-order valence-electron chi connectivity index (χ2n) is 6.22. The number of likely N-dealkylation sites (tertiary alicyclic amines) is 1. The first kappa shape index (κ1) is 20.3. The van der Waals surface area contributed by atoms with Crippen LogP contribution < -0.4 is 15.4 Å². The van der Waals surface area contributed by atoms with Crippen molar-refractivity contribution in [2.24, 2.45) is 4.99 Å². The number of aliphatic imine (C=N–C) groups is 1. The molecule has 0 saturated carbocycles. The monoisotopic (exact) mass is 373 g/mol. The number of aromatic nitrogens is 1. The number of ether oxygens (including phenoxy) is 1. The normalized spacial score (nSPS) is 18.8.